The van der Waals surface area contributed by atoms with Crippen LogP contribution in [0.3, 0.4) is 0 Å². The van der Waals surface area contributed by atoms with Crippen LogP contribution in [0.2, 0.25) is 0 Å². The topological polar surface area (TPSA) is 64.9 Å². The third-order valence-electron chi connectivity index (χ3n) is 3.27. The molecule has 96 valence electrons. The molecule has 0 bridgehead atoms. The number of rotatable bonds is 2. The first-order valence-corrected chi connectivity index (χ1v) is 6.31. The van der Waals surface area contributed by atoms with Crippen molar-refractivity contribution in [1.82, 2.24) is 10.1 Å². The van der Waals surface area contributed by atoms with Gasteiger partial charge in [0.05, 0.1) is 5.39 Å². The van der Waals surface area contributed by atoms with Crippen molar-refractivity contribution in [2.45, 2.75) is 20.3 Å². The molecular formula is C15H15N3O. The number of nitrogen functional groups attached to an aromatic ring is 1. The van der Waals surface area contributed by atoms with Gasteiger partial charge in [0.15, 0.2) is 5.82 Å². The van der Waals surface area contributed by atoms with Gasteiger partial charge in [0.2, 0.25) is 0 Å². The number of nitrogens with two attached hydrogens (primary N) is 1. The van der Waals surface area contributed by atoms with Gasteiger partial charge in [0, 0.05) is 11.3 Å². The van der Waals surface area contributed by atoms with Gasteiger partial charge in [-0.05, 0) is 30.5 Å². The van der Waals surface area contributed by atoms with Crippen LogP contribution in [-0.4, -0.2) is 10.1 Å². The summed E-state index contributed by atoms with van der Waals surface area (Å²) >= 11 is 0. The monoisotopic (exact) mass is 253 g/mol. The fourth-order valence-corrected chi connectivity index (χ4v) is 2.24. The van der Waals surface area contributed by atoms with E-state index in [1.54, 1.807) is 0 Å². The summed E-state index contributed by atoms with van der Waals surface area (Å²) in [6.45, 7) is 4.07. The lowest BCUT2D eigenvalue weighted by atomic mass is 10.0. The fraction of sp³-hybridized carbons (Fsp3) is 0.200. The molecule has 0 aliphatic heterocycles. The molecule has 0 saturated carbocycles. The van der Waals surface area contributed by atoms with Gasteiger partial charge in [0.25, 0.3) is 5.71 Å². The maximum Gasteiger partial charge on any atom is 0.260 e. The van der Waals surface area contributed by atoms with Crippen molar-refractivity contribution < 1.29 is 4.52 Å². The molecule has 0 aliphatic carbocycles. The average Bonchev–Trinajstić information content (AvgIpc) is 2.79. The van der Waals surface area contributed by atoms with Gasteiger partial charge >= 0.3 is 0 Å². The molecule has 4 heteroatoms. The first-order chi connectivity index (χ1) is 9.19. The summed E-state index contributed by atoms with van der Waals surface area (Å²) in [7, 11) is 0. The average molecular weight is 253 g/mol. The van der Waals surface area contributed by atoms with Crippen LogP contribution in [0.5, 0.6) is 0 Å². The van der Waals surface area contributed by atoms with E-state index in [1.807, 2.05) is 13.0 Å². The van der Waals surface area contributed by atoms with Gasteiger partial charge in [-0.1, -0.05) is 36.3 Å². The highest BCUT2D eigenvalue weighted by molar-refractivity contribution is 5.98. The second-order valence-electron chi connectivity index (χ2n) is 4.61. The van der Waals surface area contributed by atoms with Crippen LogP contribution in [0.25, 0.3) is 22.2 Å². The first-order valence-electron chi connectivity index (χ1n) is 6.31. The highest BCUT2D eigenvalue weighted by Crippen LogP contribution is 2.32. The summed E-state index contributed by atoms with van der Waals surface area (Å²) in [5.74, 6) is 0.386. The molecule has 4 nitrogen and oxygen atoms in total. The Morgan fingerprint density at radius 3 is 2.63 bits per heavy atom. The molecule has 0 aliphatic rings. The van der Waals surface area contributed by atoms with Crippen molar-refractivity contribution >= 4 is 16.9 Å². The molecule has 3 rings (SSSR count). The minimum atomic E-state index is 0.386. The van der Waals surface area contributed by atoms with Crippen molar-refractivity contribution in [2.75, 3.05) is 5.73 Å². The van der Waals surface area contributed by atoms with Crippen LogP contribution in [0.4, 0.5) is 5.82 Å². The summed E-state index contributed by atoms with van der Waals surface area (Å²) in [6.07, 6.45) is 1.03. The number of aryl methyl sites for hydroxylation is 2. The predicted octanol–water partition coefficient (Wildman–Crippen LogP) is 3.34. The summed E-state index contributed by atoms with van der Waals surface area (Å²) in [6, 6.07) is 10.5. The third kappa shape index (κ3) is 1.95. The number of benzene rings is 1. The van der Waals surface area contributed by atoms with Gasteiger partial charge in [-0.3, -0.25) is 0 Å². The number of fused-ring (bicyclic) bond motifs is 1. The molecule has 2 N–H and O–H groups in total. The van der Waals surface area contributed by atoms with Crippen LogP contribution in [0.1, 0.15) is 18.2 Å². The van der Waals surface area contributed by atoms with Gasteiger partial charge < -0.3 is 10.3 Å². The Kier molecular flexibility index (Phi) is 2.71. The quantitative estimate of drug-likeness (QED) is 0.760. The maximum absolute atomic E-state index is 5.88. The number of hydrogen-bond donors (Lipinski definition) is 1. The number of aromatic nitrogens is 2. The normalized spacial score (nSPS) is 11.1. The standard InChI is InChI=1S/C15H15N3O/c1-3-10-4-6-11(7-5-10)12-8-9(2)17-15-13(12)14(16)18-19-15/h4-8H,3H2,1-2H3,(H2,16,18). The zero-order valence-corrected chi connectivity index (χ0v) is 11.0. The summed E-state index contributed by atoms with van der Waals surface area (Å²) in [4.78, 5) is 4.31. The lowest BCUT2D eigenvalue weighted by Crippen LogP contribution is -1.90. The first kappa shape index (κ1) is 11.7. The summed E-state index contributed by atoms with van der Waals surface area (Å²) in [5.41, 5.74) is 10.7. The maximum atomic E-state index is 5.88. The number of anilines is 1. The molecule has 3 aromatic rings. The predicted molar refractivity (Wildman–Crippen MR) is 75.8 cm³/mol. The molecular weight excluding hydrogens is 238 g/mol. The van der Waals surface area contributed by atoms with E-state index in [-0.39, 0.29) is 0 Å². The van der Waals surface area contributed by atoms with Gasteiger partial charge in [-0.25, -0.2) is 4.98 Å². The zero-order chi connectivity index (χ0) is 13.4. The summed E-state index contributed by atoms with van der Waals surface area (Å²) in [5, 5.41) is 4.58. The summed E-state index contributed by atoms with van der Waals surface area (Å²) < 4.78 is 5.15. The largest absolute Gasteiger partial charge is 0.380 e. The lowest BCUT2D eigenvalue weighted by molar-refractivity contribution is 0.452. The molecule has 2 heterocycles. The Morgan fingerprint density at radius 2 is 1.95 bits per heavy atom. The van der Waals surface area contributed by atoms with Crippen LogP contribution in [0.15, 0.2) is 34.9 Å². The van der Waals surface area contributed by atoms with Crippen LogP contribution < -0.4 is 5.73 Å². The van der Waals surface area contributed by atoms with Crippen molar-refractivity contribution in [3.63, 3.8) is 0 Å². The fourth-order valence-electron chi connectivity index (χ4n) is 2.24. The Labute approximate surface area is 111 Å². The van der Waals surface area contributed by atoms with Crippen LogP contribution >= 0.6 is 0 Å². The van der Waals surface area contributed by atoms with Crippen molar-refractivity contribution in [3.05, 3.63) is 41.6 Å². The Morgan fingerprint density at radius 1 is 1.21 bits per heavy atom. The van der Waals surface area contributed by atoms with Crippen LogP contribution in [-0.2, 0) is 6.42 Å². The molecule has 1 aromatic carbocycles. The van der Waals surface area contributed by atoms with Gasteiger partial charge in [-0.2, -0.15) is 0 Å². The minimum Gasteiger partial charge on any atom is -0.380 e. The highest BCUT2D eigenvalue weighted by atomic mass is 16.5. The Bertz CT molecular complexity index is 729. The highest BCUT2D eigenvalue weighted by Gasteiger charge is 2.14. The van der Waals surface area contributed by atoms with Crippen molar-refractivity contribution in [1.29, 1.82) is 0 Å². The van der Waals surface area contributed by atoms with Gasteiger partial charge in [0.1, 0.15) is 0 Å². The minimum absolute atomic E-state index is 0.386. The molecule has 0 radical (unpaired) electrons. The third-order valence-corrected chi connectivity index (χ3v) is 3.27. The van der Waals surface area contributed by atoms with Gasteiger partial charge in [-0.15, -0.1) is 0 Å². The van der Waals surface area contributed by atoms with E-state index in [0.29, 0.717) is 11.5 Å². The Balaban J connectivity index is 2.25. The van der Waals surface area contributed by atoms with E-state index in [4.69, 9.17) is 10.3 Å². The number of hydrogen-bond acceptors (Lipinski definition) is 4. The molecule has 19 heavy (non-hydrogen) atoms. The molecule has 0 fully saturated rings. The van der Waals surface area contributed by atoms with Crippen molar-refractivity contribution in [3.8, 4) is 11.1 Å². The van der Waals surface area contributed by atoms with E-state index in [1.165, 1.54) is 5.56 Å². The molecule has 0 unspecified atom stereocenters. The van der Waals surface area contributed by atoms with E-state index in [2.05, 4.69) is 41.3 Å². The van der Waals surface area contributed by atoms with E-state index < -0.39 is 0 Å². The van der Waals surface area contributed by atoms with Crippen molar-refractivity contribution in [2.24, 2.45) is 0 Å². The SMILES string of the molecule is CCc1ccc(-c2cc(C)nc3onc(N)c23)cc1. The second-order valence-corrected chi connectivity index (χ2v) is 4.61. The number of nitrogens with zero attached hydrogens (tertiary/aromatic N) is 2. The van der Waals surface area contributed by atoms with E-state index >= 15 is 0 Å². The molecule has 0 saturated heterocycles. The zero-order valence-electron chi connectivity index (χ0n) is 11.0. The van der Waals surface area contributed by atoms with Crippen LogP contribution in [0, 0.1) is 6.92 Å². The number of pyridine rings is 1. The van der Waals surface area contributed by atoms with E-state index in [9.17, 15) is 0 Å². The molecule has 0 spiro atoms. The lowest BCUT2D eigenvalue weighted by Gasteiger charge is -2.05. The van der Waals surface area contributed by atoms with E-state index in [0.717, 1.165) is 28.6 Å². The Hall–Kier alpha value is -2.36. The second kappa shape index (κ2) is 4.39. The molecule has 2 aromatic heterocycles. The smallest absolute Gasteiger partial charge is 0.260 e. The molecule has 0 amide bonds. The molecule has 0 atom stereocenters.